The molecule has 132 valence electrons. The summed E-state index contributed by atoms with van der Waals surface area (Å²) in [6.07, 6.45) is -3.58. The molecule has 0 spiro atoms. The monoisotopic (exact) mass is 361 g/mol. The zero-order valence-electron chi connectivity index (χ0n) is 13.6. The van der Waals surface area contributed by atoms with E-state index in [9.17, 15) is 18.0 Å². The van der Waals surface area contributed by atoms with Gasteiger partial charge in [0.05, 0.1) is 0 Å². The standard InChI is InChI=1S/C16H19ClF3N3O/c1-4-12(8-11-5-6-13(17)10(2)7-11)22-23(3)14(9-15(21)24)16(18,19)20/h5-7,9H,4,8H2,1-3H3,(H2,21,24)/b14-9+,22-12+. The molecule has 0 aliphatic heterocycles. The first-order valence-electron chi connectivity index (χ1n) is 7.18. The number of carbonyl (C=O) groups excluding carboxylic acids is 1. The molecule has 1 aromatic carbocycles. The Morgan fingerprint density at radius 1 is 1.42 bits per heavy atom. The number of nitrogens with zero attached hydrogens (tertiary/aromatic N) is 2. The van der Waals surface area contributed by atoms with E-state index < -0.39 is 17.8 Å². The molecule has 0 unspecified atom stereocenters. The molecule has 24 heavy (non-hydrogen) atoms. The highest BCUT2D eigenvalue weighted by Gasteiger charge is 2.37. The lowest BCUT2D eigenvalue weighted by Gasteiger charge is -2.21. The smallest absolute Gasteiger partial charge is 0.366 e. The number of nitrogens with two attached hydrogens (primary N) is 1. The Kier molecular flexibility index (Phi) is 6.83. The fourth-order valence-corrected chi connectivity index (χ4v) is 2.16. The summed E-state index contributed by atoms with van der Waals surface area (Å²) in [5.41, 5.74) is 5.92. The lowest BCUT2D eigenvalue weighted by atomic mass is 10.0. The lowest BCUT2D eigenvalue weighted by Crippen LogP contribution is -2.28. The second-order valence-corrected chi connectivity index (χ2v) is 5.64. The predicted molar refractivity (Wildman–Crippen MR) is 88.7 cm³/mol. The minimum Gasteiger partial charge on any atom is -0.366 e. The number of primary amides is 1. The van der Waals surface area contributed by atoms with E-state index >= 15 is 0 Å². The van der Waals surface area contributed by atoms with Crippen LogP contribution in [0, 0.1) is 6.92 Å². The van der Waals surface area contributed by atoms with E-state index in [1.54, 1.807) is 19.1 Å². The van der Waals surface area contributed by atoms with E-state index in [2.05, 4.69) is 5.10 Å². The van der Waals surface area contributed by atoms with Crippen LogP contribution in [0.25, 0.3) is 0 Å². The van der Waals surface area contributed by atoms with Crippen LogP contribution in [0.15, 0.2) is 35.1 Å². The molecule has 0 radical (unpaired) electrons. The molecular weight excluding hydrogens is 343 g/mol. The first-order chi connectivity index (χ1) is 11.0. The van der Waals surface area contributed by atoms with Crippen LogP contribution in [0.1, 0.15) is 24.5 Å². The van der Waals surface area contributed by atoms with Crippen LogP contribution in [0.2, 0.25) is 5.02 Å². The fourth-order valence-electron chi connectivity index (χ4n) is 2.04. The molecule has 0 saturated heterocycles. The number of carbonyl (C=O) groups is 1. The summed E-state index contributed by atoms with van der Waals surface area (Å²) in [6.45, 7) is 3.64. The van der Waals surface area contributed by atoms with Crippen molar-refractivity contribution >= 4 is 23.2 Å². The summed E-state index contributed by atoms with van der Waals surface area (Å²) < 4.78 is 39.0. The van der Waals surface area contributed by atoms with Crippen molar-refractivity contribution in [2.45, 2.75) is 32.9 Å². The number of aryl methyl sites for hydroxylation is 1. The molecular formula is C16H19ClF3N3O. The van der Waals surface area contributed by atoms with E-state index in [0.717, 1.165) is 18.2 Å². The number of amides is 1. The summed E-state index contributed by atoms with van der Waals surface area (Å²) in [7, 11) is 1.13. The molecule has 0 heterocycles. The molecule has 0 aliphatic carbocycles. The van der Waals surface area contributed by atoms with Gasteiger partial charge in [0.2, 0.25) is 5.91 Å². The van der Waals surface area contributed by atoms with Crippen molar-refractivity contribution in [1.29, 1.82) is 0 Å². The third-order valence-corrected chi connectivity index (χ3v) is 3.67. The molecule has 2 N–H and O–H groups in total. The summed E-state index contributed by atoms with van der Waals surface area (Å²) >= 11 is 5.96. The van der Waals surface area contributed by atoms with E-state index in [1.165, 1.54) is 0 Å². The summed E-state index contributed by atoms with van der Waals surface area (Å²) in [5.74, 6) is -1.18. The number of hydrogen-bond acceptors (Lipinski definition) is 3. The van der Waals surface area contributed by atoms with Crippen LogP contribution in [0.4, 0.5) is 13.2 Å². The van der Waals surface area contributed by atoms with Crippen molar-refractivity contribution in [3.05, 3.63) is 46.1 Å². The zero-order valence-corrected chi connectivity index (χ0v) is 14.4. The van der Waals surface area contributed by atoms with Gasteiger partial charge in [-0.2, -0.15) is 18.3 Å². The highest BCUT2D eigenvalue weighted by atomic mass is 35.5. The first-order valence-corrected chi connectivity index (χ1v) is 7.55. The molecule has 4 nitrogen and oxygen atoms in total. The quantitative estimate of drug-likeness (QED) is 0.475. The van der Waals surface area contributed by atoms with Gasteiger partial charge in [0.25, 0.3) is 0 Å². The van der Waals surface area contributed by atoms with Crippen LogP contribution >= 0.6 is 11.6 Å². The minimum absolute atomic E-state index is 0.323. The number of benzene rings is 1. The number of rotatable bonds is 6. The van der Waals surface area contributed by atoms with Gasteiger partial charge < -0.3 is 5.73 Å². The van der Waals surface area contributed by atoms with Gasteiger partial charge >= 0.3 is 6.18 Å². The Labute approximate surface area is 143 Å². The van der Waals surface area contributed by atoms with E-state index in [0.29, 0.717) is 34.7 Å². The molecule has 0 atom stereocenters. The lowest BCUT2D eigenvalue weighted by molar-refractivity contribution is -0.119. The van der Waals surface area contributed by atoms with Crippen molar-refractivity contribution in [1.82, 2.24) is 5.01 Å². The first kappa shape index (κ1) is 20.0. The second-order valence-electron chi connectivity index (χ2n) is 5.23. The van der Waals surface area contributed by atoms with E-state index in [4.69, 9.17) is 17.3 Å². The largest absolute Gasteiger partial charge is 0.433 e. The number of alkyl halides is 3. The van der Waals surface area contributed by atoms with Crippen LogP contribution in [-0.2, 0) is 11.2 Å². The van der Waals surface area contributed by atoms with E-state index in [1.807, 2.05) is 13.0 Å². The van der Waals surface area contributed by atoms with Gasteiger partial charge in [-0.1, -0.05) is 30.7 Å². The predicted octanol–water partition coefficient (Wildman–Crippen LogP) is 3.82. The van der Waals surface area contributed by atoms with Crippen molar-refractivity contribution in [3.63, 3.8) is 0 Å². The van der Waals surface area contributed by atoms with Crippen molar-refractivity contribution < 1.29 is 18.0 Å². The Balaban J connectivity index is 3.08. The van der Waals surface area contributed by atoms with Crippen molar-refractivity contribution in [2.75, 3.05) is 7.05 Å². The molecule has 1 aromatic rings. The van der Waals surface area contributed by atoms with Gasteiger partial charge in [0.15, 0.2) is 0 Å². The van der Waals surface area contributed by atoms with Crippen molar-refractivity contribution in [2.24, 2.45) is 10.8 Å². The molecule has 0 saturated carbocycles. The van der Waals surface area contributed by atoms with Gasteiger partial charge in [0.1, 0.15) is 5.70 Å². The maximum Gasteiger partial charge on any atom is 0.433 e. The number of hydrogen-bond donors (Lipinski definition) is 1. The van der Waals surface area contributed by atoms with Crippen LogP contribution in [0.5, 0.6) is 0 Å². The molecule has 0 bridgehead atoms. The molecule has 0 aliphatic rings. The normalized spacial score (nSPS) is 13.1. The van der Waals surface area contributed by atoms with E-state index in [-0.39, 0.29) is 0 Å². The summed E-state index contributed by atoms with van der Waals surface area (Å²) in [4.78, 5) is 10.8. The zero-order chi connectivity index (χ0) is 18.5. The third-order valence-electron chi connectivity index (χ3n) is 3.25. The number of allylic oxidation sites excluding steroid dienone is 1. The van der Waals surface area contributed by atoms with Gasteiger partial charge in [0, 0.05) is 30.3 Å². The highest BCUT2D eigenvalue weighted by molar-refractivity contribution is 6.31. The molecule has 0 fully saturated rings. The fraction of sp³-hybridized carbons (Fsp3) is 0.375. The Morgan fingerprint density at radius 3 is 2.50 bits per heavy atom. The molecule has 1 amide bonds. The topological polar surface area (TPSA) is 58.7 Å². The van der Waals surface area contributed by atoms with Crippen LogP contribution in [0.3, 0.4) is 0 Å². The SMILES string of the molecule is CC/C(Cc1ccc(Cl)c(C)c1)=N\N(C)/C(=C/C(N)=O)C(F)(F)F. The molecule has 0 aromatic heterocycles. The average Bonchev–Trinajstić information content (AvgIpc) is 2.46. The Hall–Kier alpha value is -2.02. The Bertz CT molecular complexity index is 669. The molecule has 1 rings (SSSR count). The van der Waals surface area contributed by atoms with Gasteiger partial charge in [-0.25, -0.2) is 0 Å². The van der Waals surface area contributed by atoms with Gasteiger partial charge in [-0.05, 0) is 30.5 Å². The molecule has 8 heteroatoms. The second kappa shape index (κ2) is 8.19. The third kappa shape index (κ3) is 5.88. The van der Waals surface area contributed by atoms with Gasteiger partial charge in [-0.3, -0.25) is 9.80 Å². The van der Waals surface area contributed by atoms with Crippen molar-refractivity contribution in [3.8, 4) is 0 Å². The summed E-state index contributed by atoms with van der Waals surface area (Å²) in [5, 5.41) is 5.23. The van der Waals surface area contributed by atoms with Crippen LogP contribution in [-0.4, -0.2) is 29.9 Å². The summed E-state index contributed by atoms with van der Waals surface area (Å²) in [6, 6.07) is 5.39. The maximum atomic E-state index is 13.0. The van der Waals surface area contributed by atoms with Gasteiger partial charge in [-0.15, -0.1) is 0 Å². The van der Waals surface area contributed by atoms with Crippen LogP contribution < -0.4 is 5.73 Å². The minimum atomic E-state index is -4.73. The Morgan fingerprint density at radius 2 is 2.04 bits per heavy atom. The maximum absolute atomic E-state index is 13.0. The average molecular weight is 362 g/mol. The number of hydrazone groups is 1. The highest BCUT2D eigenvalue weighted by Crippen LogP contribution is 2.28. The number of halogens is 4.